The molecule has 0 N–H and O–H groups in total. The summed E-state index contributed by atoms with van der Waals surface area (Å²) < 4.78 is 13.3. The zero-order valence-corrected chi connectivity index (χ0v) is 17.9. The van der Waals surface area contributed by atoms with Crippen molar-refractivity contribution in [1.29, 1.82) is 0 Å². The maximum atomic E-state index is 5.78. The van der Waals surface area contributed by atoms with Crippen molar-refractivity contribution in [1.82, 2.24) is 25.1 Å². The van der Waals surface area contributed by atoms with E-state index in [1.807, 2.05) is 12.1 Å². The summed E-state index contributed by atoms with van der Waals surface area (Å²) in [6, 6.07) is 6.46. The summed E-state index contributed by atoms with van der Waals surface area (Å²) in [5.74, 6) is 3.32. The minimum atomic E-state index is -0.0136. The molecule has 2 heterocycles. The van der Waals surface area contributed by atoms with Crippen molar-refractivity contribution >= 4 is 0 Å². The summed E-state index contributed by atoms with van der Waals surface area (Å²) >= 11 is 0. The molecule has 1 aliphatic carbocycles. The highest BCUT2D eigenvalue weighted by Crippen LogP contribution is 2.39. The Kier molecular flexibility index (Phi) is 6.33. The van der Waals surface area contributed by atoms with Crippen molar-refractivity contribution in [3.05, 3.63) is 29.6 Å². The van der Waals surface area contributed by atoms with Crippen LogP contribution in [0.5, 0.6) is 11.5 Å². The minimum absolute atomic E-state index is 0.0136. The average molecular weight is 400 g/mol. The molecule has 1 aliphatic heterocycles. The Morgan fingerprint density at radius 1 is 1.00 bits per heavy atom. The van der Waals surface area contributed by atoms with Gasteiger partial charge in [0.1, 0.15) is 17.5 Å². The highest BCUT2D eigenvalue weighted by Gasteiger charge is 2.34. The van der Waals surface area contributed by atoms with Gasteiger partial charge in [0.25, 0.3) is 0 Å². The van der Waals surface area contributed by atoms with Gasteiger partial charge >= 0.3 is 0 Å². The van der Waals surface area contributed by atoms with E-state index >= 15 is 0 Å². The van der Waals surface area contributed by atoms with Crippen LogP contribution in [0.3, 0.4) is 0 Å². The van der Waals surface area contributed by atoms with Gasteiger partial charge in [0.15, 0.2) is 5.82 Å². The van der Waals surface area contributed by atoms with E-state index in [-0.39, 0.29) is 6.04 Å². The number of likely N-dealkylation sites (tertiary alicyclic amines) is 1. The number of tetrazole rings is 1. The Bertz CT molecular complexity index is 794. The van der Waals surface area contributed by atoms with Gasteiger partial charge in [0, 0.05) is 11.6 Å². The number of benzene rings is 1. The van der Waals surface area contributed by atoms with Gasteiger partial charge in [-0.2, -0.15) is 0 Å². The molecule has 0 amide bonds. The van der Waals surface area contributed by atoms with Crippen LogP contribution in [0.15, 0.2) is 18.2 Å². The molecule has 4 rings (SSSR count). The molecule has 1 aromatic heterocycles. The molecular formula is C22H33N5O2. The summed E-state index contributed by atoms with van der Waals surface area (Å²) in [6.45, 7) is 4.42. The van der Waals surface area contributed by atoms with Crippen molar-refractivity contribution in [3.8, 4) is 11.5 Å². The van der Waals surface area contributed by atoms with Crippen LogP contribution in [-0.4, -0.2) is 52.4 Å². The molecule has 1 aromatic carbocycles. The maximum absolute atomic E-state index is 5.78. The lowest BCUT2D eigenvalue weighted by Crippen LogP contribution is -2.38. The fraction of sp³-hybridized carbons (Fsp3) is 0.682. The molecule has 1 saturated heterocycles. The monoisotopic (exact) mass is 399 g/mol. The SMILES string of the molecule is COc1ccc([C@@H](c2nnnn2C2CCCCC2)N2CCC(C)CC2)c(OC)c1. The van der Waals surface area contributed by atoms with E-state index in [9.17, 15) is 0 Å². The van der Waals surface area contributed by atoms with Gasteiger partial charge in [-0.15, -0.1) is 5.10 Å². The summed E-state index contributed by atoms with van der Waals surface area (Å²) in [7, 11) is 3.40. The molecule has 2 fully saturated rings. The van der Waals surface area contributed by atoms with E-state index in [1.54, 1.807) is 14.2 Å². The van der Waals surface area contributed by atoms with Crippen molar-refractivity contribution in [2.75, 3.05) is 27.3 Å². The van der Waals surface area contributed by atoms with Crippen LogP contribution >= 0.6 is 0 Å². The first-order valence-corrected chi connectivity index (χ1v) is 10.9. The van der Waals surface area contributed by atoms with E-state index in [2.05, 4.69) is 38.1 Å². The second-order valence-electron chi connectivity index (χ2n) is 8.50. The lowest BCUT2D eigenvalue weighted by Gasteiger charge is -2.37. The first-order valence-electron chi connectivity index (χ1n) is 10.9. The summed E-state index contributed by atoms with van der Waals surface area (Å²) in [6.07, 6.45) is 8.51. The van der Waals surface area contributed by atoms with E-state index in [4.69, 9.17) is 9.47 Å². The molecule has 0 unspecified atom stereocenters. The fourth-order valence-electron chi connectivity index (χ4n) is 4.80. The van der Waals surface area contributed by atoms with E-state index in [0.717, 1.165) is 54.7 Å². The molecular weight excluding hydrogens is 366 g/mol. The molecule has 29 heavy (non-hydrogen) atoms. The molecule has 0 spiro atoms. The standard InChI is InChI=1S/C22H33N5O2/c1-16-11-13-26(14-12-16)21(19-10-9-18(28-2)15-20(19)29-3)22-23-24-25-27(22)17-7-5-4-6-8-17/h9-10,15-17,21H,4-8,11-14H2,1-3H3/t21-/m0/s1. The number of methoxy groups -OCH3 is 2. The first-order chi connectivity index (χ1) is 14.2. The minimum Gasteiger partial charge on any atom is -0.497 e. The van der Waals surface area contributed by atoms with Gasteiger partial charge < -0.3 is 9.47 Å². The number of piperidine rings is 1. The Morgan fingerprint density at radius 3 is 2.45 bits per heavy atom. The van der Waals surface area contributed by atoms with Crippen LogP contribution in [-0.2, 0) is 0 Å². The number of ether oxygens (including phenoxy) is 2. The molecule has 7 heteroatoms. The lowest BCUT2D eigenvalue weighted by molar-refractivity contribution is 0.144. The molecule has 7 nitrogen and oxygen atoms in total. The first kappa shape index (κ1) is 20.1. The van der Waals surface area contributed by atoms with Crippen molar-refractivity contribution in [3.63, 3.8) is 0 Å². The normalized spacial score (nSPS) is 20.5. The smallest absolute Gasteiger partial charge is 0.173 e. The van der Waals surface area contributed by atoms with Gasteiger partial charge in [0.2, 0.25) is 0 Å². The highest BCUT2D eigenvalue weighted by molar-refractivity contribution is 5.44. The largest absolute Gasteiger partial charge is 0.497 e. The second-order valence-corrected chi connectivity index (χ2v) is 8.50. The Balaban J connectivity index is 1.75. The quantitative estimate of drug-likeness (QED) is 0.731. The number of hydrogen-bond acceptors (Lipinski definition) is 6. The number of rotatable bonds is 6. The van der Waals surface area contributed by atoms with Gasteiger partial charge in [-0.1, -0.05) is 26.2 Å². The van der Waals surface area contributed by atoms with Crippen LogP contribution in [0.2, 0.25) is 0 Å². The zero-order valence-electron chi connectivity index (χ0n) is 17.9. The summed E-state index contributed by atoms with van der Waals surface area (Å²) in [5, 5.41) is 13.1. The second kappa shape index (κ2) is 9.11. The van der Waals surface area contributed by atoms with Crippen LogP contribution in [0.25, 0.3) is 0 Å². The number of aromatic nitrogens is 4. The Labute approximate surface area is 173 Å². The topological polar surface area (TPSA) is 65.3 Å². The van der Waals surface area contributed by atoms with Crippen molar-refractivity contribution < 1.29 is 9.47 Å². The highest BCUT2D eigenvalue weighted by atomic mass is 16.5. The molecule has 2 aliphatic rings. The van der Waals surface area contributed by atoms with Crippen LogP contribution in [0.1, 0.15) is 75.3 Å². The predicted molar refractivity (Wildman–Crippen MR) is 111 cm³/mol. The summed E-state index contributed by atoms with van der Waals surface area (Å²) in [5.41, 5.74) is 1.11. The molecule has 1 atom stereocenters. The maximum Gasteiger partial charge on any atom is 0.173 e. The number of hydrogen-bond donors (Lipinski definition) is 0. The van der Waals surface area contributed by atoms with Crippen LogP contribution in [0.4, 0.5) is 0 Å². The van der Waals surface area contributed by atoms with Crippen LogP contribution in [0, 0.1) is 5.92 Å². The Morgan fingerprint density at radius 2 is 1.76 bits per heavy atom. The van der Waals surface area contributed by atoms with E-state index < -0.39 is 0 Å². The predicted octanol–water partition coefficient (Wildman–Crippen LogP) is 4.02. The molecule has 2 aromatic rings. The van der Waals surface area contributed by atoms with E-state index in [0.29, 0.717) is 6.04 Å². The van der Waals surface area contributed by atoms with Crippen LogP contribution < -0.4 is 9.47 Å². The third-order valence-electron chi connectivity index (χ3n) is 6.60. The van der Waals surface area contributed by atoms with Crippen molar-refractivity contribution in [2.24, 2.45) is 5.92 Å². The molecule has 0 radical (unpaired) electrons. The fourth-order valence-corrected chi connectivity index (χ4v) is 4.80. The van der Waals surface area contributed by atoms with Gasteiger partial charge in [-0.05, 0) is 67.3 Å². The molecule has 0 bridgehead atoms. The zero-order chi connectivity index (χ0) is 20.2. The summed E-state index contributed by atoms with van der Waals surface area (Å²) in [4.78, 5) is 2.52. The van der Waals surface area contributed by atoms with Gasteiger partial charge in [-0.3, -0.25) is 4.90 Å². The molecule has 1 saturated carbocycles. The van der Waals surface area contributed by atoms with E-state index in [1.165, 1.54) is 32.1 Å². The molecule has 158 valence electrons. The third-order valence-corrected chi connectivity index (χ3v) is 6.60. The third kappa shape index (κ3) is 4.25. The Hall–Kier alpha value is -2.15. The van der Waals surface area contributed by atoms with Gasteiger partial charge in [-0.25, -0.2) is 4.68 Å². The lowest BCUT2D eigenvalue weighted by atomic mass is 9.93. The average Bonchev–Trinajstić information content (AvgIpc) is 3.25. The number of nitrogens with zero attached hydrogens (tertiary/aromatic N) is 5. The van der Waals surface area contributed by atoms with Crippen molar-refractivity contribution in [2.45, 2.75) is 64.0 Å². The van der Waals surface area contributed by atoms with Gasteiger partial charge in [0.05, 0.1) is 20.3 Å².